The van der Waals surface area contributed by atoms with E-state index in [9.17, 15) is 28.2 Å². The van der Waals surface area contributed by atoms with Gasteiger partial charge in [-0.25, -0.2) is 9.78 Å². The number of aryl methyl sites for hydroxylation is 1. The number of amides is 2. The summed E-state index contributed by atoms with van der Waals surface area (Å²) in [7, 11) is 5.30. The van der Waals surface area contributed by atoms with Crippen LogP contribution in [-0.4, -0.2) is 164 Å². The third-order valence-electron chi connectivity index (χ3n) is 13.4. The summed E-state index contributed by atoms with van der Waals surface area (Å²) < 4.78 is 44.4. The molecule has 17 nitrogen and oxygen atoms in total. The third-order valence-corrected chi connectivity index (χ3v) is 14.4. The second-order valence-corrected chi connectivity index (χ2v) is 19.9. The van der Waals surface area contributed by atoms with Crippen LogP contribution in [0.25, 0.3) is 20.9 Å². The van der Waals surface area contributed by atoms with E-state index in [1.54, 1.807) is 32.7 Å². The Labute approximate surface area is 396 Å². The summed E-state index contributed by atoms with van der Waals surface area (Å²) in [5, 5.41) is 20.9. The number of esters is 1. The maximum atomic E-state index is 14.2. The second kappa shape index (κ2) is 23.0. The fourth-order valence-electron chi connectivity index (χ4n) is 9.75. The zero-order valence-corrected chi connectivity index (χ0v) is 42.1. The average molecular weight is 964 g/mol. The zero-order chi connectivity index (χ0) is 48.7. The number of methoxy groups -OCH3 is 1. The van der Waals surface area contributed by atoms with Crippen molar-refractivity contribution in [3.05, 3.63) is 30.5 Å². The Morgan fingerprint density at radius 3 is 2.42 bits per heavy atom. The molecule has 2 aromatic heterocycles. The predicted octanol–water partition coefficient (Wildman–Crippen LogP) is 6.56. The van der Waals surface area contributed by atoms with Gasteiger partial charge in [-0.1, -0.05) is 31.2 Å². The number of ether oxygens (including phenoxy) is 5. The number of ketones is 1. The minimum absolute atomic E-state index is 0.210. The van der Waals surface area contributed by atoms with Gasteiger partial charge in [0, 0.05) is 64.5 Å². The quantitative estimate of drug-likeness (QED) is 0.124. The van der Waals surface area contributed by atoms with Crippen molar-refractivity contribution in [2.45, 2.75) is 160 Å². The van der Waals surface area contributed by atoms with E-state index in [0.717, 1.165) is 15.2 Å². The van der Waals surface area contributed by atoms with Crippen molar-refractivity contribution in [3.63, 3.8) is 0 Å². The standard InChI is InChI=1S/C45H67N7O10S.CH3FS/c1-12-36-45(8)39(51(43(57)62-45)20-16-15-19-50-25-32(47-48-50)40-46-31-17-13-14-18-35(31)63-40)29(5)52(30(6)53)24-26(2)23-44(7,58-11)37(22-34(54)28(4)41(56)60-36)61-42-38(55)33(49(9)10)21-27(3)59-42;1-3-2/h13-14,17-18,25-29,33,36-39,42,55H,12,15-16,19-24H2,1-11H3;1H3/t26-,27?,28-,29-,33?,36-,37-,38?,39-,42+,44+,45-;/m1./s1. The maximum absolute atomic E-state index is 14.2. The zero-order valence-electron chi connectivity index (χ0n) is 40.5. The lowest BCUT2D eigenvalue weighted by atomic mass is 9.82. The topological polar surface area (TPSA) is 188 Å². The van der Waals surface area contributed by atoms with E-state index in [2.05, 4.69) is 10.3 Å². The number of carbonyl (C=O) groups excluding carboxylic acids is 4. The number of aromatic nitrogens is 4. The number of hydrogen-bond donors (Lipinski definition) is 1. The molecule has 368 valence electrons. The smallest absolute Gasteiger partial charge is 0.410 e. The van der Waals surface area contributed by atoms with Gasteiger partial charge in [0.25, 0.3) is 0 Å². The molecule has 3 fully saturated rings. The third kappa shape index (κ3) is 12.1. The number of nitrogens with zero attached hydrogens (tertiary/aromatic N) is 7. The Balaban J connectivity index is 0.00000265. The summed E-state index contributed by atoms with van der Waals surface area (Å²) in [5.41, 5.74) is -0.931. The van der Waals surface area contributed by atoms with Gasteiger partial charge in [0.05, 0.1) is 46.3 Å². The molecule has 5 heterocycles. The average Bonchev–Trinajstić information content (AvgIpc) is 3.99. The lowest BCUT2D eigenvalue weighted by Crippen LogP contribution is -2.62. The molecular weight excluding hydrogens is 894 g/mol. The molecule has 6 rings (SSSR count). The second-order valence-electron chi connectivity index (χ2n) is 18.6. The minimum atomic E-state index is -1.39. The number of benzene rings is 1. The molecule has 3 unspecified atom stereocenters. The molecule has 20 heteroatoms. The van der Waals surface area contributed by atoms with Crippen LogP contribution in [0.1, 0.15) is 93.9 Å². The number of likely N-dealkylation sites (N-methyl/N-ethyl adjacent to an activating group) is 1. The van der Waals surface area contributed by atoms with E-state index in [1.165, 1.54) is 27.2 Å². The minimum Gasteiger partial charge on any atom is -0.458 e. The molecule has 1 aromatic carbocycles. The molecule has 2 amide bonds. The lowest BCUT2D eigenvalue weighted by Gasteiger charge is -2.46. The molecule has 0 bridgehead atoms. The molecule has 0 radical (unpaired) electrons. The van der Waals surface area contributed by atoms with E-state index in [-0.39, 0.29) is 55.5 Å². The number of aliphatic hydroxyl groups is 1. The van der Waals surface area contributed by atoms with Gasteiger partial charge in [0.1, 0.15) is 34.6 Å². The van der Waals surface area contributed by atoms with Crippen LogP contribution in [-0.2, 0) is 44.6 Å². The lowest BCUT2D eigenvalue weighted by molar-refractivity contribution is -0.289. The normalized spacial score (nSPS) is 32.6. The first-order chi connectivity index (χ1) is 31.2. The highest BCUT2D eigenvalue weighted by Gasteiger charge is 2.59. The fourth-order valence-corrected chi connectivity index (χ4v) is 10.7. The van der Waals surface area contributed by atoms with Crippen LogP contribution in [0.4, 0.5) is 8.68 Å². The van der Waals surface area contributed by atoms with Gasteiger partial charge in [-0.15, -0.1) is 16.4 Å². The van der Waals surface area contributed by atoms with E-state index in [1.807, 2.05) is 84.1 Å². The monoisotopic (exact) mass is 963 g/mol. The Morgan fingerprint density at radius 2 is 1.79 bits per heavy atom. The van der Waals surface area contributed by atoms with E-state index in [4.69, 9.17) is 28.7 Å². The largest absolute Gasteiger partial charge is 0.458 e. The number of aliphatic hydroxyl groups excluding tert-OH is 1. The van der Waals surface area contributed by atoms with Crippen molar-refractivity contribution in [1.82, 2.24) is 34.7 Å². The summed E-state index contributed by atoms with van der Waals surface area (Å²) >= 11 is 1.81. The molecule has 0 aliphatic carbocycles. The number of hydrogen-bond acceptors (Lipinski definition) is 16. The van der Waals surface area contributed by atoms with Gasteiger partial charge in [0.2, 0.25) is 5.91 Å². The number of Topliss-reactive ketones (excluding diaryl/α,β-unsaturated/α-hetero) is 1. The number of halogens is 1. The fraction of sp³-hybridized carbons (Fsp3) is 0.717. The number of fused-ring (bicyclic) bond motifs is 2. The van der Waals surface area contributed by atoms with Gasteiger partial charge in [-0.2, -0.15) is 3.89 Å². The predicted molar refractivity (Wildman–Crippen MR) is 250 cm³/mol. The molecular formula is C46H70FN7O10S2. The molecule has 66 heavy (non-hydrogen) atoms. The van der Waals surface area contributed by atoms with Crippen LogP contribution < -0.4 is 0 Å². The molecule has 3 aromatic rings. The highest BCUT2D eigenvalue weighted by atomic mass is 32.2. The van der Waals surface area contributed by atoms with Crippen molar-refractivity contribution in [2.75, 3.05) is 40.6 Å². The van der Waals surface area contributed by atoms with Gasteiger partial charge < -0.3 is 38.6 Å². The van der Waals surface area contributed by atoms with Crippen molar-refractivity contribution in [1.29, 1.82) is 0 Å². The van der Waals surface area contributed by atoms with Crippen molar-refractivity contribution in [3.8, 4) is 10.7 Å². The van der Waals surface area contributed by atoms with Gasteiger partial charge in [-0.05, 0) is 98.9 Å². The van der Waals surface area contributed by atoms with E-state index in [0.29, 0.717) is 44.5 Å². The number of carbonyl (C=O) groups is 4. The number of cyclic esters (lactones) is 1. The Bertz CT molecular complexity index is 2080. The van der Waals surface area contributed by atoms with Crippen molar-refractivity contribution < 1.29 is 51.9 Å². The summed E-state index contributed by atoms with van der Waals surface area (Å²) in [5.74, 6) is -2.86. The van der Waals surface area contributed by atoms with Crippen molar-refractivity contribution in [2.24, 2.45) is 11.8 Å². The van der Waals surface area contributed by atoms with Gasteiger partial charge in [0.15, 0.2) is 11.9 Å². The molecule has 0 spiro atoms. The van der Waals surface area contributed by atoms with Crippen molar-refractivity contribution >= 4 is 57.5 Å². The summed E-state index contributed by atoms with van der Waals surface area (Å²) in [6.45, 7) is 15.3. The van der Waals surface area contributed by atoms with Crippen LogP contribution in [0.2, 0.25) is 0 Å². The number of thiazole rings is 1. The van der Waals surface area contributed by atoms with Gasteiger partial charge >= 0.3 is 12.1 Å². The van der Waals surface area contributed by atoms with Crippen LogP contribution in [0.3, 0.4) is 0 Å². The molecule has 12 atom stereocenters. The maximum Gasteiger partial charge on any atom is 0.410 e. The van der Waals surface area contributed by atoms with Gasteiger partial charge in [-0.3, -0.25) is 24.0 Å². The van der Waals surface area contributed by atoms with E-state index >= 15 is 0 Å². The Hall–Kier alpha value is -3.79. The molecule has 3 aliphatic rings. The van der Waals surface area contributed by atoms with E-state index < -0.39 is 71.7 Å². The highest BCUT2D eigenvalue weighted by molar-refractivity contribution is 7.93. The van der Waals surface area contributed by atoms with Crippen LogP contribution in [0.5, 0.6) is 0 Å². The number of unbranched alkanes of at least 4 members (excludes halogenated alkanes) is 1. The first kappa shape index (κ1) is 53.2. The highest BCUT2D eigenvalue weighted by Crippen LogP contribution is 2.41. The summed E-state index contributed by atoms with van der Waals surface area (Å²) in [6, 6.07) is 6.34. The summed E-state index contributed by atoms with van der Waals surface area (Å²) in [4.78, 5) is 66.0. The SMILES string of the molecule is CC[C@H]1OC(=O)[C@H](C)C(=O)C[C@@H](O[C@@H]2OC(C)CC(N(C)C)C2O)[C@@](C)(OC)C[C@@H](C)CN(C(C)=O)[C@H](C)[C@H]2N(CCCCn3cc(-c4nc5ccccc5s4)nn3)C(=O)O[C@]12C.CSF. The first-order valence-electron chi connectivity index (χ1n) is 22.8. The first-order valence-corrected chi connectivity index (χ1v) is 24.8. The number of para-hydroxylation sites is 1. The Kier molecular flexibility index (Phi) is 18.5. The molecule has 0 saturated carbocycles. The molecule has 3 saturated heterocycles. The number of rotatable bonds is 11. The van der Waals surface area contributed by atoms with Crippen LogP contribution in [0, 0.1) is 11.8 Å². The Morgan fingerprint density at radius 1 is 1.11 bits per heavy atom. The van der Waals surface area contributed by atoms with Crippen LogP contribution in [0.15, 0.2) is 30.5 Å². The van der Waals surface area contributed by atoms with Crippen LogP contribution >= 0.6 is 23.5 Å². The summed E-state index contributed by atoms with van der Waals surface area (Å²) in [6.07, 6.45) is 0.565. The molecule has 3 aliphatic heterocycles. The molecule has 1 N–H and O–H groups in total.